The van der Waals surface area contributed by atoms with Gasteiger partial charge in [0.25, 0.3) is 0 Å². The molecule has 3 heteroatoms. The number of halogens is 2. The first-order valence-corrected chi connectivity index (χ1v) is 4.91. The van der Waals surface area contributed by atoms with Crippen molar-refractivity contribution in [3.05, 3.63) is 34.9 Å². The summed E-state index contributed by atoms with van der Waals surface area (Å²) in [6.45, 7) is 2.69. The maximum absolute atomic E-state index is 13.4. The van der Waals surface area contributed by atoms with Gasteiger partial charge >= 0.3 is 0 Å². The average molecular weight is 197 g/mol. The van der Waals surface area contributed by atoms with E-state index in [-0.39, 0.29) is 6.04 Å². The summed E-state index contributed by atoms with van der Waals surface area (Å²) in [4.78, 5) is 0. The Bertz CT molecular complexity index is 349. The van der Waals surface area contributed by atoms with E-state index >= 15 is 0 Å². The Morgan fingerprint density at radius 2 is 2.21 bits per heavy atom. The van der Waals surface area contributed by atoms with Crippen molar-refractivity contribution in [3.63, 3.8) is 0 Å². The van der Waals surface area contributed by atoms with Crippen LogP contribution in [-0.2, 0) is 13.0 Å². The molecule has 1 atom stereocenters. The number of nitrogens with one attached hydrogen (secondary N) is 1. The smallest absolute Gasteiger partial charge is 0.162 e. The van der Waals surface area contributed by atoms with E-state index in [9.17, 15) is 8.78 Å². The topological polar surface area (TPSA) is 12.0 Å². The molecule has 1 aromatic rings. The minimum atomic E-state index is -0.736. The molecule has 1 aliphatic heterocycles. The van der Waals surface area contributed by atoms with Gasteiger partial charge in [-0.25, -0.2) is 8.78 Å². The van der Waals surface area contributed by atoms with Crippen LogP contribution in [0.5, 0.6) is 0 Å². The van der Waals surface area contributed by atoms with Gasteiger partial charge in [0.15, 0.2) is 11.6 Å². The molecule has 0 spiro atoms. The van der Waals surface area contributed by atoms with Crippen molar-refractivity contribution in [1.29, 1.82) is 0 Å². The van der Waals surface area contributed by atoms with Crippen LogP contribution in [0.4, 0.5) is 8.78 Å². The van der Waals surface area contributed by atoms with Crippen LogP contribution in [0.3, 0.4) is 0 Å². The zero-order chi connectivity index (χ0) is 10.1. The summed E-state index contributed by atoms with van der Waals surface area (Å²) in [7, 11) is 0. The second kappa shape index (κ2) is 3.65. The van der Waals surface area contributed by atoms with Gasteiger partial charge in [-0.3, -0.25) is 0 Å². The standard InChI is InChI=1S/C11H13F2N/c1-2-8-5-9-7(6-14-8)3-4-10(12)11(9)13/h3-4,8,14H,2,5-6H2,1H3. The van der Waals surface area contributed by atoms with Gasteiger partial charge in [0.1, 0.15) is 0 Å². The van der Waals surface area contributed by atoms with Crippen LogP contribution in [0, 0.1) is 11.6 Å². The molecule has 0 aromatic heterocycles. The van der Waals surface area contributed by atoms with E-state index in [1.165, 1.54) is 6.07 Å². The van der Waals surface area contributed by atoms with Crippen molar-refractivity contribution in [3.8, 4) is 0 Å². The Balaban J connectivity index is 2.38. The number of hydrogen-bond donors (Lipinski definition) is 1. The van der Waals surface area contributed by atoms with Gasteiger partial charge < -0.3 is 5.32 Å². The van der Waals surface area contributed by atoms with Gasteiger partial charge in [0.2, 0.25) is 0 Å². The molecule has 1 heterocycles. The zero-order valence-corrected chi connectivity index (χ0v) is 8.11. The van der Waals surface area contributed by atoms with Crippen molar-refractivity contribution in [2.75, 3.05) is 0 Å². The van der Waals surface area contributed by atoms with Gasteiger partial charge in [-0.1, -0.05) is 13.0 Å². The molecule has 14 heavy (non-hydrogen) atoms. The molecule has 2 rings (SSSR count). The highest BCUT2D eigenvalue weighted by atomic mass is 19.2. The second-order valence-electron chi connectivity index (χ2n) is 3.69. The van der Waals surface area contributed by atoms with Crippen LogP contribution in [0.1, 0.15) is 24.5 Å². The summed E-state index contributed by atoms with van der Waals surface area (Å²) in [5, 5.41) is 3.28. The van der Waals surface area contributed by atoms with E-state index in [0.29, 0.717) is 18.5 Å². The molecular formula is C11H13F2N. The molecule has 1 aliphatic rings. The summed E-state index contributed by atoms with van der Waals surface area (Å²) in [6, 6.07) is 3.13. The van der Waals surface area contributed by atoms with Crippen LogP contribution >= 0.6 is 0 Å². The second-order valence-corrected chi connectivity index (χ2v) is 3.69. The molecular weight excluding hydrogens is 184 g/mol. The highest BCUT2D eigenvalue weighted by molar-refractivity contribution is 5.32. The van der Waals surface area contributed by atoms with Crippen LogP contribution < -0.4 is 5.32 Å². The highest BCUT2D eigenvalue weighted by Crippen LogP contribution is 2.22. The lowest BCUT2D eigenvalue weighted by Gasteiger charge is -2.25. The molecule has 1 aromatic carbocycles. The van der Waals surface area contributed by atoms with Crippen molar-refractivity contribution >= 4 is 0 Å². The van der Waals surface area contributed by atoms with Gasteiger partial charge in [-0.05, 0) is 30.0 Å². The molecule has 0 saturated carbocycles. The maximum Gasteiger partial charge on any atom is 0.162 e. The van der Waals surface area contributed by atoms with Crippen molar-refractivity contribution < 1.29 is 8.78 Å². The Morgan fingerprint density at radius 3 is 2.93 bits per heavy atom. The quantitative estimate of drug-likeness (QED) is 0.729. The lowest BCUT2D eigenvalue weighted by Crippen LogP contribution is -2.35. The van der Waals surface area contributed by atoms with Gasteiger partial charge in [0.05, 0.1) is 0 Å². The third-order valence-corrected chi connectivity index (χ3v) is 2.82. The molecule has 1 unspecified atom stereocenters. The SMILES string of the molecule is CCC1Cc2c(ccc(F)c2F)CN1. The normalized spacial score (nSPS) is 20.6. The summed E-state index contributed by atoms with van der Waals surface area (Å²) < 4.78 is 26.3. The molecule has 0 bridgehead atoms. The molecule has 0 fully saturated rings. The monoisotopic (exact) mass is 197 g/mol. The van der Waals surface area contributed by atoms with Gasteiger partial charge in [-0.2, -0.15) is 0 Å². The lowest BCUT2D eigenvalue weighted by atomic mass is 9.94. The van der Waals surface area contributed by atoms with Crippen molar-refractivity contribution in [1.82, 2.24) is 5.32 Å². The molecule has 1 nitrogen and oxygen atoms in total. The largest absolute Gasteiger partial charge is 0.310 e. The molecule has 0 saturated heterocycles. The number of rotatable bonds is 1. The fraction of sp³-hybridized carbons (Fsp3) is 0.455. The molecule has 1 N–H and O–H groups in total. The minimum absolute atomic E-state index is 0.277. The number of benzene rings is 1. The highest BCUT2D eigenvalue weighted by Gasteiger charge is 2.21. The first-order chi connectivity index (χ1) is 6.72. The van der Waals surface area contributed by atoms with Crippen molar-refractivity contribution in [2.45, 2.75) is 32.4 Å². The van der Waals surface area contributed by atoms with Crippen LogP contribution in [0.15, 0.2) is 12.1 Å². The number of hydrogen-bond acceptors (Lipinski definition) is 1. The first-order valence-electron chi connectivity index (χ1n) is 4.91. The predicted octanol–water partition coefficient (Wildman–Crippen LogP) is 2.39. The van der Waals surface area contributed by atoms with E-state index < -0.39 is 11.6 Å². The van der Waals surface area contributed by atoms with Crippen LogP contribution in [0.25, 0.3) is 0 Å². The fourth-order valence-corrected chi connectivity index (χ4v) is 1.88. The zero-order valence-electron chi connectivity index (χ0n) is 8.11. The Labute approximate surface area is 82.1 Å². The molecule has 0 radical (unpaired) electrons. The van der Waals surface area contributed by atoms with E-state index in [4.69, 9.17) is 0 Å². The van der Waals surface area contributed by atoms with E-state index in [1.807, 2.05) is 6.92 Å². The fourth-order valence-electron chi connectivity index (χ4n) is 1.88. The lowest BCUT2D eigenvalue weighted by molar-refractivity contribution is 0.434. The summed E-state index contributed by atoms with van der Waals surface area (Å²) in [5.74, 6) is -1.40. The summed E-state index contributed by atoms with van der Waals surface area (Å²) >= 11 is 0. The summed E-state index contributed by atoms with van der Waals surface area (Å²) in [5.41, 5.74) is 1.43. The van der Waals surface area contributed by atoms with E-state index in [0.717, 1.165) is 12.0 Å². The van der Waals surface area contributed by atoms with Crippen molar-refractivity contribution in [2.24, 2.45) is 0 Å². The molecule has 76 valence electrons. The maximum atomic E-state index is 13.4. The minimum Gasteiger partial charge on any atom is -0.310 e. The van der Waals surface area contributed by atoms with Gasteiger partial charge in [-0.15, -0.1) is 0 Å². The van der Waals surface area contributed by atoms with E-state index in [1.54, 1.807) is 6.07 Å². The third kappa shape index (κ3) is 1.52. The molecule has 0 amide bonds. The Morgan fingerprint density at radius 1 is 1.43 bits per heavy atom. The van der Waals surface area contributed by atoms with Crippen LogP contribution in [0.2, 0.25) is 0 Å². The van der Waals surface area contributed by atoms with E-state index in [2.05, 4.69) is 5.32 Å². The Kier molecular flexibility index (Phi) is 2.50. The third-order valence-electron chi connectivity index (χ3n) is 2.82. The Hall–Kier alpha value is -0.960. The average Bonchev–Trinajstić information content (AvgIpc) is 2.23. The predicted molar refractivity (Wildman–Crippen MR) is 51.0 cm³/mol. The van der Waals surface area contributed by atoms with Crippen LogP contribution in [-0.4, -0.2) is 6.04 Å². The first kappa shape index (κ1) is 9.59. The molecule has 0 aliphatic carbocycles. The summed E-state index contributed by atoms with van der Waals surface area (Å²) in [6.07, 6.45) is 1.53. The number of fused-ring (bicyclic) bond motifs is 1. The van der Waals surface area contributed by atoms with Gasteiger partial charge in [0, 0.05) is 12.6 Å².